The molecule has 2 aromatic carbocycles. The van der Waals surface area contributed by atoms with Crippen LogP contribution in [0.5, 0.6) is 5.75 Å². The highest BCUT2D eigenvalue weighted by molar-refractivity contribution is 7.85. The molecule has 0 heterocycles. The Balaban J connectivity index is 2.84. The van der Waals surface area contributed by atoms with Crippen LogP contribution in [0.3, 0.4) is 0 Å². The van der Waals surface area contributed by atoms with Crippen LogP contribution in [0.15, 0.2) is 35.2 Å². The summed E-state index contributed by atoms with van der Waals surface area (Å²) >= 11 is 0. The van der Waals surface area contributed by atoms with E-state index in [0.717, 1.165) is 6.07 Å². The number of phenols is 1. The smallest absolute Gasteiger partial charge is 0.124 e. The number of phenolic OH excluding ortho intramolecular Hbond substituents is 1. The first-order chi connectivity index (χ1) is 7.38. The third-order valence-electron chi connectivity index (χ3n) is 2.22. The fraction of sp³-hybridized carbons (Fsp3) is 0. The highest BCUT2D eigenvalue weighted by atomic mass is 32.2. The lowest BCUT2D eigenvalue weighted by Gasteiger charge is -2.10. The van der Waals surface area contributed by atoms with Crippen molar-refractivity contribution in [2.45, 2.75) is 4.90 Å². The summed E-state index contributed by atoms with van der Waals surface area (Å²) < 4.78 is 32.4. The minimum atomic E-state index is -4.57. The van der Waals surface area contributed by atoms with Crippen molar-refractivity contribution in [2.24, 2.45) is 0 Å². The predicted octanol–water partition coefficient (Wildman–Crippen LogP) is 1.03. The van der Waals surface area contributed by atoms with Gasteiger partial charge in [-0.05, 0) is 29.7 Å². The van der Waals surface area contributed by atoms with Crippen molar-refractivity contribution in [2.75, 3.05) is 5.73 Å². The van der Waals surface area contributed by atoms with Crippen LogP contribution in [0, 0.1) is 0 Å². The van der Waals surface area contributed by atoms with E-state index < -0.39 is 15.0 Å². The van der Waals surface area contributed by atoms with Gasteiger partial charge in [-0.25, -0.2) is 8.42 Å². The number of rotatable bonds is 1. The van der Waals surface area contributed by atoms with Crippen LogP contribution >= 0.6 is 0 Å². The molecule has 0 aliphatic heterocycles. The lowest BCUT2D eigenvalue weighted by molar-refractivity contribution is 0.458. The van der Waals surface area contributed by atoms with Gasteiger partial charge in [0.15, 0.2) is 0 Å². The number of nitrogen functional groups attached to an aromatic ring is 1. The normalized spacial score (nSPS) is 11.8. The van der Waals surface area contributed by atoms with E-state index >= 15 is 0 Å². The van der Waals surface area contributed by atoms with Crippen LogP contribution in [-0.2, 0) is 10.1 Å². The number of hydrogen-bond acceptors (Lipinski definition) is 5. The molecule has 0 aliphatic carbocycles. The molecule has 0 fully saturated rings. The van der Waals surface area contributed by atoms with Gasteiger partial charge in [-0.3, -0.25) is 0 Å². The minimum Gasteiger partial charge on any atom is -0.744 e. The first kappa shape index (κ1) is 10.7. The van der Waals surface area contributed by atoms with Crippen molar-refractivity contribution >= 4 is 26.6 Å². The quantitative estimate of drug-likeness (QED) is 0.570. The van der Waals surface area contributed by atoms with Crippen molar-refractivity contribution in [3.05, 3.63) is 30.3 Å². The van der Waals surface area contributed by atoms with Gasteiger partial charge in [0.25, 0.3) is 0 Å². The van der Waals surface area contributed by atoms with Gasteiger partial charge in [0, 0.05) is 11.1 Å². The zero-order chi connectivity index (χ0) is 11.9. The van der Waals surface area contributed by atoms with E-state index in [9.17, 15) is 18.1 Å². The first-order valence-electron chi connectivity index (χ1n) is 4.36. The number of hydrogen-bond donors (Lipinski definition) is 2. The van der Waals surface area contributed by atoms with E-state index in [4.69, 9.17) is 5.73 Å². The molecule has 3 N–H and O–H groups in total. The highest BCUT2D eigenvalue weighted by Gasteiger charge is 2.07. The third kappa shape index (κ3) is 1.80. The maximum absolute atomic E-state index is 10.8. The molecule has 0 aliphatic rings. The number of anilines is 1. The molecule has 0 saturated carbocycles. The van der Waals surface area contributed by atoms with Crippen LogP contribution in [0.4, 0.5) is 5.69 Å². The molecule has 2 rings (SSSR count). The van der Waals surface area contributed by atoms with Gasteiger partial charge in [-0.1, -0.05) is 6.07 Å². The number of nitrogens with two attached hydrogens (primary N) is 1. The molecule has 0 bridgehead atoms. The van der Waals surface area contributed by atoms with E-state index in [1.54, 1.807) is 12.1 Å². The standard InChI is InChI=1S/C10H9NO4S/c11-7-2-1-6-3-8(16(13,14)15)5-10(12)9(6)4-7/h1-5,12H,11H2,(H,13,14,15)/p-1. The highest BCUT2D eigenvalue weighted by Crippen LogP contribution is 2.29. The molecule has 0 aromatic heterocycles. The van der Waals surface area contributed by atoms with Crippen LogP contribution < -0.4 is 5.73 Å². The Morgan fingerprint density at radius 2 is 1.88 bits per heavy atom. The summed E-state index contributed by atoms with van der Waals surface area (Å²) in [4.78, 5) is -0.456. The average Bonchev–Trinajstić information content (AvgIpc) is 2.17. The van der Waals surface area contributed by atoms with Gasteiger partial charge in [0.05, 0.1) is 4.90 Å². The SMILES string of the molecule is Nc1ccc2cc(S(=O)(=O)[O-])cc(O)c2c1. The molecule has 2 aromatic rings. The summed E-state index contributed by atoms with van der Waals surface area (Å²) in [5.74, 6) is -0.278. The number of aromatic hydroxyl groups is 1. The fourth-order valence-electron chi connectivity index (χ4n) is 1.47. The van der Waals surface area contributed by atoms with E-state index in [1.165, 1.54) is 12.1 Å². The van der Waals surface area contributed by atoms with Crippen molar-refractivity contribution < 1.29 is 18.1 Å². The summed E-state index contributed by atoms with van der Waals surface area (Å²) in [7, 11) is -4.57. The van der Waals surface area contributed by atoms with E-state index in [2.05, 4.69) is 0 Å². The maximum atomic E-state index is 10.8. The first-order valence-corrected chi connectivity index (χ1v) is 5.77. The Hall–Kier alpha value is -1.79. The zero-order valence-electron chi connectivity index (χ0n) is 8.04. The monoisotopic (exact) mass is 238 g/mol. The van der Waals surface area contributed by atoms with E-state index in [1.807, 2.05) is 0 Å². The van der Waals surface area contributed by atoms with Gasteiger partial charge < -0.3 is 15.4 Å². The molecular weight excluding hydrogens is 230 g/mol. The van der Waals surface area contributed by atoms with Crippen molar-refractivity contribution in [1.29, 1.82) is 0 Å². The van der Waals surface area contributed by atoms with E-state index in [-0.39, 0.29) is 5.75 Å². The summed E-state index contributed by atoms with van der Waals surface area (Å²) in [5.41, 5.74) is 5.97. The summed E-state index contributed by atoms with van der Waals surface area (Å²) in [6.07, 6.45) is 0. The number of fused-ring (bicyclic) bond motifs is 1. The Labute approximate surface area is 91.9 Å². The van der Waals surface area contributed by atoms with Gasteiger partial charge in [-0.2, -0.15) is 0 Å². The molecule has 6 heteroatoms. The second-order valence-electron chi connectivity index (χ2n) is 3.38. The molecule has 84 valence electrons. The minimum absolute atomic E-state index is 0.278. The summed E-state index contributed by atoms with van der Waals surface area (Å²) in [5, 5.41) is 10.4. The number of benzene rings is 2. The largest absolute Gasteiger partial charge is 0.744 e. The molecule has 0 amide bonds. The van der Waals surface area contributed by atoms with Crippen LogP contribution in [-0.4, -0.2) is 18.1 Å². The van der Waals surface area contributed by atoms with Gasteiger partial charge in [0.2, 0.25) is 0 Å². The molecule has 0 saturated heterocycles. The second kappa shape index (κ2) is 3.36. The van der Waals surface area contributed by atoms with Gasteiger partial charge in [-0.15, -0.1) is 0 Å². The Kier molecular flexibility index (Phi) is 2.25. The molecular formula is C10H8NO4S-. The Morgan fingerprint density at radius 3 is 2.50 bits per heavy atom. The predicted molar refractivity (Wildman–Crippen MR) is 58.0 cm³/mol. The topological polar surface area (TPSA) is 103 Å². The van der Waals surface area contributed by atoms with Gasteiger partial charge in [0.1, 0.15) is 15.9 Å². The van der Waals surface area contributed by atoms with E-state index in [0.29, 0.717) is 16.5 Å². The van der Waals surface area contributed by atoms with Gasteiger partial charge >= 0.3 is 0 Å². The Morgan fingerprint density at radius 1 is 1.19 bits per heavy atom. The molecule has 0 unspecified atom stereocenters. The molecule has 0 spiro atoms. The van der Waals surface area contributed by atoms with Crippen LogP contribution in [0.2, 0.25) is 0 Å². The maximum Gasteiger partial charge on any atom is 0.124 e. The molecule has 5 nitrogen and oxygen atoms in total. The van der Waals surface area contributed by atoms with Crippen LogP contribution in [0.25, 0.3) is 10.8 Å². The second-order valence-corrected chi connectivity index (χ2v) is 4.76. The van der Waals surface area contributed by atoms with Crippen LogP contribution in [0.1, 0.15) is 0 Å². The average molecular weight is 238 g/mol. The van der Waals surface area contributed by atoms with Crippen molar-refractivity contribution in [1.82, 2.24) is 0 Å². The summed E-state index contributed by atoms with van der Waals surface area (Å²) in [6, 6.07) is 6.73. The Bertz CT molecular complexity index is 664. The molecule has 0 radical (unpaired) electrons. The molecule has 16 heavy (non-hydrogen) atoms. The zero-order valence-corrected chi connectivity index (χ0v) is 8.86. The lowest BCUT2D eigenvalue weighted by Crippen LogP contribution is -1.98. The molecule has 0 atom stereocenters. The van der Waals surface area contributed by atoms with Crippen molar-refractivity contribution in [3.63, 3.8) is 0 Å². The third-order valence-corrected chi connectivity index (χ3v) is 3.03. The summed E-state index contributed by atoms with van der Waals surface area (Å²) in [6.45, 7) is 0. The fourth-order valence-corrected chi connectivity index (χ4v) is 2.00. The lowest BCUT2D eigenvalue weighted by atomic mass is 10.1. The van der Waals surface area contributed by atoms with Crippen molar-refractivity contribution in [3.8, 4) is 5.75 Å².